The van der Waals surface area contributed by atoms with Gasteiger partial charge in [-0.3, -0.25) is 4.79 Å². The van der Waals surface area contributed by atoms with Gasteiger partial charge in [-0.25, -0.2) is 4.99 Å². The highest BCUT2D eigenvalue weighted by molar-refractivity contribution is 14.1. The van der Waals surface area contributed by atoms with Crippen molar-refractivity contribution in [1.82, 2.24) is 5.32 Å². The molecule has 1 amide bonds. The first-order valence-corrected chi connectivity index (χ1v) is 10.8. The first-order valence-electron chi connectivity index (χ1n) is 8.95. The summed E-state index contributed by atoms with van der Waals surface area (Å²) in [5.41, 5.74) is 2.95. The molecule has 3 aromatic rings. The van der Waals surface area contributed by atoms with Gasteiger partial charge in [0.2, 0.25) is 0 Å². The topological polar surface area (TPSA) is 54.6 Å². The minimum Gasteiger partial charge on any atom is -0.467 e. The fraction of sp³-hybridized carbons (Fsp3) is 0.238. The zero-order chi connectivity index (χ0) is 18.6. The minimum absolute atomic E-state index is 0.0689. The second-order valence-corrected chi connectivity index (χ2v) is 8.79. The summed E-state index contributed by atoms with van der Waals surface area (Å²) in [5.74, 6) is 0.678. The van der Waals surface area contributed by atoms with E-state index < -0.39 is 0 Å². The summed E-state index contributed by atoms with van der Waals surface area (Å²) in [5, 5.41) is 3.79. The molecule has 6 heteroatoms. The number of carbonyl (C=O) groups excluding carboxylic acids is 1. The molecule has 2 heterocycles. The molecule has 138 valence electrons. The maximum atomic E-state index is 12.9. The van der Waals surface area contributed by atoms with Crippen molar-refractivity contribution in [3.8, 4) is 0 Å². The third kappa shape index (κ3) is 4.32. The molecule has 4 nitrogen and oxygen atoms in total. The van der Waals surface area contributed by atoms with E-state index in [0.717, 1.165) is 41.2 Å². The molecule has 1 aliphatic rings. The highest BCUT2D eigenvalue weighted by atomic mass is 127. The van der Waals surface area contributed by atoms with Gasteiger partial charge in [-0.1, -0.05) is 12.1 Å². The van der Waals surface area contributed by atoms with Crippen LogP contribution in [0.5, 0.6) is 0 Å². The number of thiophene rings is 1. The van der Waals surface area contributed by atoms with Gasteiger partial charge in [0.05, 0.1) is 18.4 Å². The Bertz CT molecular complexity index is 959. The van der Waals surface area contributed by atoms with E-state index in [1.54, 1.807) is 17.6 Å². The van der Waals surface area contributed by atoms with Crippen LogP contribution in [0.2, 0.25) is 0 Å². The number of nitrogens with one attached hydrogen (secondary N) is 1. The van der Waals surface area contributed by atoms with Crippen LogP contribution in [0.15, 0.2) is 52.1 Å². The highest BCUT2D eigenvalue weighted by Gasteiger charge is 2.25. The van der Waals surface area contributed by atoms with Crippen LogP contribution in [0.25, 0.3) is 0 Å². The monoisotopic (exact) mass is 490 g/mol. The van der Waals surface area contributed by atoms with Crippen LogP contribution in [0.4, 0.5) is 5.00 Å². The van der Waals surface area contributed by atoms with Gasteiger partial charge in [-0.2, -0.15) is 0 Å². The van der Waals surface area contributed by atoms with Crippen molar-refractivity contribution in [1.29, 1.82) is 0 Å². The second-order valence-electron chi connectivity index (χ2n) is 6.46. The Morgan fingerprint density at radius 1 is 1.22 bits per heavy atom. The summed E-state index contributed by atoms with van der Waals surface area (Å²) in [4.78, 5) is 18.9. The Kier molecular flexibility index (Phi) is 5.73. The number of amides is 1. The largest absolute Gasteiger partial charge is 0.467 e. The van der Waals surface area contributed by atoms with Crippen molar-refractivity contribution in [3.05, 3.63) is 73.6 Å². The number of fused-ring (bicyclic) bond motifs is 1. The predicted octanol–water partition coefficient (Wildman–Crippen LogP) is 5.51. The van der Waals surface area contributed by atoms with Crippen molar-refractivity contribution in [2.75, 3.05) is 0 Å². The third-order valence-corrected chi connectivity index (χ3v) is 6.50. The molecule has 4 rings (SSSR count). The zero-order valence-corrected chi connectivity index (χ0v) is 17.7. The lowest BCUT2D eigenvalue weighted by Gasteiger charge is -2.12. The van der Waals surface area contributed by atoms with Crippen LogP contribution in [-0.2, 0) is 19.4 Å². The van der Waals surface area contributed by atoms with Crippen LogP contribution in [-0.4, -0.2) is 12.1 Å². The van der Waals surface area contributed by atoms with Crippen molar-refractivity contribution in [3.63, 3.8) is 0 Å². The number of aliphatic imine (C=N–C) groups is 1. The average molecular weight is 490 g/mol. The van der Waals surface area contributed by atoms with Crippen LogP contribution in [0.3, 0.4) is 0 Å². The van der Waals surface area contributed by atoms with E-state index in [9.17, 15) is 4.79 Å². The van der Waals surface area contributed by atoms with Crippen molar-refractivity contribution in [2.24, 2.45) is 4.99 Å². The molecule has 27 heavy (non-hydrogen) atoms. The van der Waals surface area contributed by atoms with E-state index in [-0.39, 0.29) is 5.91 Å². The summed E-state index contributed by atoms with van der Waals surface area (Å²) < 4.78 is 6.51. The average Bonchev–Trinajstić information content (AvgIpc) is 3.33. The number of hydrogen-bond acceptors (Lipinski definition) is 4. The quantitative estimate of drug-likeness (QED) is 0.379. The number of aryl methyl sites for hydroxylation is 1. The van der Waals surface area contributed by atoms with Gasteiger partial charge in [0.25, 0.3) is 5.91 Å². The Balaban J connectivity index is 1.61. The van der Waals surface area contributed by atoms with Gasteiger partial charge in [0.15, 0.2) is 0 Å². The molecule has 0 spiro atoms. The van der Waals surface area contributed by atoms with E-state index in [1.165, 1.54) is 20.4 Å². The van der Waals surface area contributed by atoms with Gasteiger partial charge in [0.1, 0.15) is 10.8 Å². The fourth-order valence-electron chi connectivity index (χ4n) is 3.23. The minimum atomic E-state index is -0.0689. The lowest BCUT2D eigenvalue weighted by molar-refractivity contribution is 0.0948. The molecule has 1 aromatic carbocycles. The SMILES string of the molecule is O=C(NCc1ccco1)c1c(N=Cc2ccc(I)cc2)sc2c1CCCC2. The number of benzene rings is 1. The molecule has 0 saturated carbocycles. The number of rotatable bonds is 5. The van der Waals surface area contributed by atoms with E-state index >= 15 is 0 Å². The summed E-state index contributed by atoms with van der Waals surface area (Å²) >= 11 is 3.94. The smallest absolute Gasteiger partial charge is 0.255 e. The highest BCUT2D eigenvalue weighted by Crippen LogP contribution is 2.39. The van der Waals surface area contributed by atoms with Crippen molar-refractivity contribution < 1.29 is 9.21 Å². The van der Waals surface area contributed by atoms with Crippen LogP contribution >= 0.6 is 33.9 Å². The van der Waals surface area contributed by atoms with E-state index in [1.807, 2.05) is 30.5 Å². The molecule has 0 bridgehead atoms. The normalized spacial score (nSPS) is 13.7. The third-order valence-electron chi connectivity index (χ3n) is 4.58. The molecule has 0 aliphatic heterocycles. The first kappa shape index (κ1) is 18.4. The molecule has 0 atom stereocenters. The fourth-order valence-corrected chi connectivity index (χ4v) is 4.82. The maximum Gasteiger partial charge on any atom is 0.255 e. The second kappa shape index (κ2) is 8.39. The number of carbonyl (C=O) groups is 1. The standard InChI is InChI=1S/C21H19IN2O2S/c22-15-9-7-14(8-10-15)12-24-21-19(17-5-1-2-6-18(17)27-21)20(25)23-13-16-4-3-11-26-16/h3-4,7-12H,1-2,5-6,13H2,(H,23,25). The summed E-state index contributed by atoms with van der Waals surface area (Å²) in [6.45, 7) is 0.386. The van der Waals surface area contributed by atoms with Gasteiger partial charge in [-0.15, -0.1) is 11.3 Å². The Morgan fingerprint density at radius 3 is 2.81 bits per heavy atom. The Hall–Kier alpha value is -1.93. The van der Waals surface area contributed by atoms with E-state index in [2.05, 4.69) is 45.0 Å². The van der Waals surface area contributed by atoms with Gasteiger partial charge < -0.3 is 9.73 Å². The van der Waals surface area contributed by atoms with E-state index in [4.69, 9.17) is 4.42 Å². The maximum absolute atomic E-state index is 12.9. The number of halogens is 1. The molecule has 1 N–H and O–H groups in total. The van der Waals surface area contributed by atoms with Crippen molar-refractivity contribution in [2.45, 2.75) is 32.2 Å². The Morgan fingerprint density at radius 2 is 2.04 bits per heavy atom. The van der Waals surface area contributed by atoms with Gasteiger partial charge in [0, 0.05) is 14.7 Å². The van der Waals surface area contributed by atoms with Crippen LogP contribution in [0.1, 0.15) is 45.0 Å². The lowest BCUT2D eigenvalue weighted by atomic mass is 9.95. The van der Waals surface area contributed by atoms with Crippen LogP contribution < -0.4 is 5.32 Å². The van der Waals surface area contributed by atoms with Gasteiger partial charge in [-0.05, 0) is 83.7 Å². The molecule has 0 fully saturated rings. The van der Waals surface area contributed by atoms with Crippen molar-refractivity contribution >= 4 is 51.1 Å². The van der Waals surface area contributed by atoms with Gasteiger partial charge >= 0.3 is 0 Å². The first-order chi connectivity index (χ1) is 13.2. The zero-order valence-electron chi connectivity index (χ0n) is 14.7. The number of hydrogen-bond donors (Lipinski definition) is 1. The molecular formula is C21H19IN2O2S. The molecular weight excluding hydrogens is 471 g/mol. The lowest BCUT2D eigenvalue weighted by Crippen LogP contribution is -2.23. The predicted molar refractivity (Wildman–Crippen MR) is 117 cm³/mol. The molecule has 1 aliphatic carbocycles. The molecule has 0 unspecified atom stereocenters. The number of nitrogens with zero attached hydrogens (tertiary/aromatic N) is 1. The molecule has 0 radical (unpaired) electrons. The molecule has 0 saturated heterocycles. The van der Waals surface area contributed by atoms with E-state index in [0.29, 0.717) is 6.54 Å². The number of furan rings is 1. The van der Waals surface area contributed by atoms with Crippen LogP contribution in [0, 0.1) is 3.57 Å². The molecule has 2 aromatic heterocycles. The summed E-state index contributed by atoms with van der Waals surface area (Å²) in [6.07, 6.45) is 7.76. The Labute approximate surface area is 175 Å². The summed E-state index contributed by atoms with van der Waals surface area (Å²) in [7, 11) is 0. The summed E-state index contributed by atoms with van der Waals surface area (Å²) in [6, 6.07) is 11.9.